The van der Waals surface area contributed by atoms with Crippen LogP contribution in [0.4, 0.5) is 4.79 Å². The van der Waals surface area contributed by atoms with Crippen LogP contribution < -0.4 is 5.32 Å². The molecule has 1 aliphatic carbocycles. The first kappa shape index (κ1) is 26.0. The third kappa shape index (κ3) is 4.94. The molecular weight excluding hydrogens is 479 g/mol. The van der Waals surface area contributed by atoms with Gasteiger partial charge in [-0.05, 0) is 80.6 Å². The van der Waals surface area contributed by atoms with Crippen LogP contribution in [0.2, 0.25) is 0 Å². The summed E-state index contributed by atoms with van der Waals surface area (Å²) >= 11 is 0. The number of nitrogens with one attached hydrogen (secondary N) is 1. The highest BCUT2D eigenvalue weighted by molar-refractivity contribution is 6.56. The van der Waals surface area contributed by atoms with Crippen molar-refractivity contribution in [3.63, 3.8) is 0 Å². The summed E-state index contributed by atoms with van der Waals surface area (Å²) in [5, 5.41) is 13.2. The number of pyridine rings is 1. The maximum Gasteiger partial charge on any atom is 0.492 e. The molecule has 2 aromatic carbocycles. The highest BCUT2D eigenvalue weighted by Gasteiger charge is 2.52. The molecule has 2 heterocycles. The van der Waals surface area contributed by atoms with Crippen LogP contribution in [0.5, 0.6) is 5.75 Å². The molecule has 0 unspecified atom stereocenters. The van der Waals surface area contributed by atoms with E-state index >= 15 is 0 Å². The van der Waals surface area contributed by atoms with Crippen molar-refractivity contribution in [3.05, 3.63) is 88.7 Å². The molecule has 0 bridgehead atoms. The third-order valence-corrected chi connectivity index (χ3v) is 7.70. The minimum Gasteiger partial charge on any atom is -0.506 e. The molecule has 2 N–H and O–H groups in total. The highest BCUT2D eigenvalue weighted by Crippen LogP contribution is 2.44. The lowest BCUT2D eigenvalue weighted by atomic mass is 9.77. The number of amides is 1. The van der Waals surface area contributed by atoms with Gasteiger partial charge in [0.25, 0.3) is 0 Å². The van der Waals surface area contributed by atoms with Gasteiger partial charge in [0.2, 0.25) is 0 Å². The topological polar surface area (TPSA) is 89.9 Å². The summed E-state index contributed by atoms with van der Waals surface area (Å²) in [6.45, 7) is 10.0. The van der Waals surface area contributed by atoms with Crippen molar-refractivity contribution >= 4 is 19.3 Å². The molecule has 2 aliphatic rings. The first-order valence-electron chi connectivity index (χ1n) is 12.9. The van der Waals surface area contributed by atoms with Gasteiger partial charge in [-0.2, -0.15) is 0 Å². The van der Waals surface area contributed by atoms with E-state index in [-0.39, 0.29) is 24.8 Å². The fourth-order valence-electron chi connectivity index (χ4n) is 4.87. The van der Waals surface area contributed by atoms with Crippen LogP contribution in [-0.4, -0.2) is 47.7 Å². The molecule has 196 valence electrons. The van der Waals surface area contributed by atoms with E-state index in [0.717, 1.165) is 16.8 Å². The van der Waals surface area contributed by atoms with Gasteiger partial charge in [-0.15, -0.1) is 0 Å². The van der Waals surface area contributed by atoms with Crippen LogP contribution in [0, 0.1) is 6.92 Å². The maximum absolute atomic E-state index is 12.9. The summed E-state index contributed by atoms with van der Waals surface area (Å²) < 4.78 is 18.2. The SMILES string of the molecule is Cc1ccc(O)c(C=C(CNC(=O)OCC2c3ccccc3-c3ccccc32)B2OC(C)(C)C(C)(C)O2)n1. The van der Waals surface area contributed by atoms with Gasteiger partial charge in [-0.25, -0.2) is 9.78 Å². The van der Waals surface area contributed by atoms with E-state index in [1.807, 2.05) is 58.9 Å². The Morgan fingerprint density at radius 2 is 1.58 bits per heavy atom. The molecule has 1 aliphatic heterocycles. The van der Waals surface area contributed by atoms with E-state index < -0.39 is 24.4 Å². The Kier molecular flexibility index (Phi) is 6.80. The van der Waals surface area contributed by atoms with E-state index in [1.54, 1.807) is 18.2 Å². The Morgan fingerprint density at radius 3 is 2.18 bits per heavy atom. The van der Waals surface area contributed by atoms with Crippen LogP contribution in [0.1, 0.15) is 56.1 Å². The molecule has 0 radical (unpaired) electrons. The normalized spacial score (nSPS) is 17.7. The fourth-order valence-corrected chi connectivity index (χ4v) is 4.87. The molecule has 7 nitrogen and oxygen atoms in total. The van der Waals surface area contributed by atoms with Gasteiger partial charge < -0.3 is 24.5 Å². The number of aromatic nitrogens is 1. The maximum atomic E-state index is 12.9. The van der Waals surface area contributed by atoms with E-state index in [4.69, 9.17) is 14.0 Å². The van der Waals surface area contributed by atoms with Crippen molar-refractivity contribution < 1.29 is 23.9 Å². The molecule has 1 fully saturated rings. The Bertz CT molecular complexity index is 1340. The standard InChI is InChI=1S/C30H33BN2O5/c1-19-14-15-27(34)26(33-19)16-20(31-37-29(2,3)30(4,5)38-31)17-32-28(35)36-18-25-23-12-8-6-10-21(23)22-11-7-9-13-24(22)25/h6-16,25,34H,17-18H2,1-5H3,(H,32,35). The lowest BCUT2D eigenvalue weighted by Crippen LogP contribution is -2.41. The van der Waals surface area contributed by atoms with Crippen LogP contribution in [0.25, 0.3) is 17.2 Å². The third-order valence-electron chi connectivity index (χ3n) is 7.70. The second-order valence-corrected chi connectivity index (χ2v) is 10.8. The van der Waals surface area contributed by atoms with E-state index in [0.29, 0.717) is 11.2 Å². The largest absolute Gasteiger partial charge is 0.506 e. The monoisotopic (exact) mass is 512 g/mol. The number of benzene rings is 2. The van der Waals surface area contributed by atoms with Crippen molar-refractivity contribution in [3.8, 4) is 16.9 Å². The predicted molar refractivity (Wildman–Crippen MR) is 148 cm³/mol. The van der Waals surface area contributed by atoms with Crippen LogP contribution in [0.15, 0.2) is 66.1 Å². The van der Waals surface area contributed by atoms with Gasteiger partial charge in [0.15, 0.2) is 0 Å². The fraction of sp³-hybridized carbons (Fsp3) is 0.333. The molecule has 38 heavy (non-hydrogen) atoms. The minimum absolute atomic E-state index is 0.0281. The summed E-state index contributed by atoms with van der Waals surface area (Å²) in [4.78, 5) is 17.3. The first-order valence-corrected chi connectivity index (χ1v) is 12.9. The Balaban J connectivity index is 1.31. The number of nitrogens with zero attached hydrogens (tertiary/aromatic N) is 1. The summed E-state index contributed by atoms with van der Waals surface area (Å²) in [5.74, 6) is 0.00505. The molecular formula is C30H33BN2O5. The van der Waals surface area contributed by atoms with Gasteiger partial charge in [0.05, 0.1) is 11.2 Å². The highest BCUT2D eigenvalue weighted by atomic mass is 16.7. The van der Waals surface area contributed by atoms with Crippen molar-refractivity contribution in [2.75, 3.05) is 13.2 Å². The molecule has 5 rings (SSSR count). The number of fused-ring (bicyclic) bond motifs is 3. The molecule has 1 aromatic heterocycles. The lowest BCUT2D eigenvalue weighted by molar-refractivity contribution is 0.00578. The number of aryl methyl sites for hydroxylation is 1. The first-order chi connectivity index (χ1) is 18.1. The number of carbonyl (C=O) groups excluding carboxylic acids is 1. The molecule has 8 heteroatoms. The number of carbonyl (C=O) groups is 1. The van der Waals surface area contributed by atoms with Gasteiger partial charge in [-0.3, -0.25) is 0 Å². The molecule has 0 saturated carbocycles. The van der Waals surface area contributed by atoms with Gasteiger partial charge in [-0.1, -0.05) is 48.5 Å². The van der Waals surface area contributed by atoms with Crippen molar-refractivity contribution in [1.29, 1.82) is 0 Å². The quantitative estimate of drug-likeness (QED) is 0.415. The van der Waals surface area contributed by atoms with Crippen LogP contribution >= 0.6 is 0 Å². The number of hydrogen-bond acceptors (Lipinski definition) is 6. The van der Waals surface area contributed by atoms with E-state index in [9.17, 15) is 9.90 Å². The van der Waals surface area contributed by atoms with Crippen LogP contribution in [0.3, 0.4) is 0 Å². The van der Waals surface area contributed by atoms with Crippen molar-refractivity contribution in [2.45, 2.75) is 51.7 Å². The van der Waals surface area contributed by atoms with E-state index in [2.05, 4.69) is 34.6 Å². The van der Waals surface area contributed by atoms with Crippen molar-refractivity contribution in [1.82, 2.24) is 10.3 Å². The minimum atomic E-state index is -0.726. The molecule has 0 atom stereocenters. The summed E-state index contributed by atoms with van der Waals surface area (Å²) in [6.07, 6.45) is 1.16. The zero-order chi connectivity index (χ0) is 27.1. The van der Waals surface area contributed by atoms with Crippen molar-refractivity contribution in [2.24, 2.45) is 0 Å². The second kappa shape index (κ2) is 9.93. The van der Waals surface area contributed by atoms with E-state index in [1.165, 1.54) is 11.1 Å². The number of rotatable bonds is 6. The Hall–Kier alpha value is -3.62. The average molecular weight is 512 g/mol. The lowest BCUT2D eigenvalue weighted by Gasteiger charge is -2.32. The molecule has 1 saturated heterocycles. The summed E-state index contributed by atoms with van der Waals surface area (Å²) in [5.41, 5.74) is 5.27. The van der Waals surface area contributed by atoms with Gasteiger partial charge in [0, 0.05) is 18.2 Å². The Morgan fingerprint density at radius 1 is 1.00 bits per heavy atom. The smallest absolute Gasteiger partial charge is 0.492 e. The summed E-state index contributed by atoms with van der Waals surface area (Å²) in [6, 6.07) is 19.8. The van der Waals surface area contributed by atoms with Gasteiger partial charge >= 0.3 is 13.2 Å². The second-order valence-electron chi connectivity index (χ2n) is 10.8. The number of aromatic hydroxyl groups is 1. The average Bonchev–Trinajstić information content (AvgIpc) is 3.31. The molecule has 3 aromatic rings. The number of hydrogen-bond donors (Lipinski definition) is 2. The Labute approximate surface area is 224 Å². The zero-order valence-electron chi connectivity index (χ0n) is 22.4. The predicted octanol–water partition coefficient (Wildman–Crippen LogP) is 5.65. The van der Waals surface area contributed by atoms with Gasteiger partial charge in [0.1, 0.15) is 18.1 Å². The summed E-state index contributed by atoms with van der Waals surface area (Å²) in [7, 11) is -0.726. The molecule has 0 spiro atoms. The number of alkyl carbamates (subject to hydrolysis) is 1. The zero-order valence-corrected chi connectivity index (χ0v) is 22.4. The van der Waals surface area contributed by atoms with Crippen LogP contribution in [-0.2, 0) is 14.0 Å². The number of ether oxygens (including phenoxy) is 1. The molecule has 1 amide bonds.